The predicted molar refractivity (Wildman–Crippen MR) is 78.9 cm³/mol. The summed E-state index contributed by atoms with van der Waals surface area (Å²) in [7, 11) is 1.19. The lowest BCUT2D eigenvalue weighted by molar-refractivity contribution is -0.141. The topological polar surface area (TPSA) is 143 Å². The first-order valence-corrected chi connectivity index (χ1v) is 6.86. The molecule has 0 fully saturated rings. The molecule has 4 N–H and O–H groups in total. The standard InChI is InChI=1S/C13H22N4O6/c1-7(12(21)15-6-11(20)23-4)17-13(22)8(2)16-10(19)5-14-9(3)18/h7-8H,5-6H2,1-4H3,(H,14,18)(H,15,21)(H,16,19)(H,17,22)/t7-,8+/m0/s1. The summed E-state index contributed by atoms with van der Waals surface area (Å²) in [6.45, 7) is 3.56. The van der Waals surface area contributed by atoms with E-state index in [4.69, 9.17) is 0 Å². The molecular weight excluding hydrogens is 308 g/mol. The van der Waals surface area contributed by atoms with Gasteiger partial charge in [0.25, 0.3) is 0 Å². The van der Waals surface area contributed by atoms with Gasteiger partial charge < -0.3 is 26.0 Å². The van der Waals surface area contributed by atoms with Crippen LogP contribution in [0.15, 0.2) is 0 Å². The van der Waals surface area contributed by atoms with Crippen LogP contribution in [-0.4, -0.2) is 61.9 Å². The molecule has 0 unspecified atom stereocenters. The van der Waals surface area contributed by atoms with Crippen LogP contribution in [0.25, 0.3) is 0 Å². The maximum atomic E-state index is 11.8. The smallest absolute Gasteiger partial charge is 0.325 e. The molecule has 0 heterocycles. The van der Waals surface area contributed by atoms with E-state index in [0.29, 0.717) is 0 Å². The van der Waals surface area contributed by atoms with Crippen molar-refractivity contribution in [2.45, 2.75) is 32.9 Å². The Morgan fingerprint density at radius 2 is 1.43 bits per heavy atom. The number of nitrogens with one attached hydrogen (secondary N) is 4. The highest BCUT2D eigenvalue weighted by molar-refractivity contribution is 5.93. The lowest BCUT2D eigenvalue weighted by atomic mass is 10.2. The van der Waals surface area contributed by atoms with Gasteiger partial charge in [-0.1, -0.05) is 0 Å². The molecule has 4 amide bonds. The summed E-state index contributed by atoms with van der Waals surface area (Å²) < 4.78 is 4.36. The Bertz CT molecular complexity index is 479. The van der Waals surface area contributed by atoms with Gasteiger partial charge in [-0.25, -0.2) is 0 Å². The molecule has 10 nitrogen and oxygen atoms in total. The van der Waals surface area contributed by atoms with Crippen molar-refractivity contribution in [2.75, 3.05) is 20.2 Å². The number of ether oxygens (including phenoxy) is 1. The molecule has 0 rings (SSSR count). The van der Waals surface area contributed by atoms with Crippen LogP contribution in [0.2, 0.25) is 0 Å². The molecule has 0 aliphatic rings. The van der Waals surface area contributed by atoms with E-state index in [9.17, 15) is 24.0 Å². The molecule has 2 atom stereocenters. The Morgan fingerprint density at radius 3 is 1.96 bits per heavy atom. The van der Waals surface area contributed by atoms with Gasteiger partial charge in [0, 0.05) is 6.92 Å². The van der Waals surface area contributed by atoms with Crippen molar-refractivity contribution in [1.82, 2.24) is 21.3 Å². The van der Waals surface area contributed by atoms with Crippen molar-refractivity contribution in [2.24, 2.45) is 0 Å². The zero-order valence-electron chi connectivity index (χ0n) is 13.5. The zero-order valence-corrected chi connectivity index (χ0v) is 13.5. The fourth-order valence-electron chi connectivity index (χ4n) is 1.35. The molecule has 130 valence electrons. The van der Waals surface area contributed by atoms with Crippen LogP contribution in [0.5, 0.6) is 0 Å². The Labute approximate surface area is 133 Å². The van der Waals surface area contributed by atoms with Gasteiger partial charge in [0.1, 0.15) is 18.6 Å². The van der Waals surface area contributed by atoms with Crippen molar-refractivity contribution < 1.29 is 28.7 Å². The molecule has 0 aromatic rings. The monoisotopic (exact) mass is 330 g/mol. The lowest BCUT2D eigenvalue weighted by Crippen LogP contribution is -2.53. The molecule has 0 radical (unpaired) electrons. The average molecular weight is 330 g/mol. The van der Waals surface area contributed by atoms with Gasteiger partial charge >= 0.3 is 5.97 Å². The number of hydrogen-bond donors (Lipinski definition) is 4. The van der Waals surface area contributed by atoms with E-state index in [1.165, 1.54) is 27.9 Å². The number of hydrogen-bond acceptors (Lipinski definition) is 6. The summed E-state index contributed by atoms with van der Waals surface area (Å²) in [5.74, 6) is -2.67. The van der Waals surface area contributed by atoms with E-state index < -0.39 is 35.8 Å². The Kier molecular flexibility index (Phi) is 8.97. The first-order chi connectivity index (χ1) is 10.7. The van der Waals surface area contributed by atoms with Crippen molar-refractivity contribution in [3.63, 3.8) is 0 Å². The minimum absolute atomic E-state index is 0.248. The van der Waals surface area contributed by atoms with Crippen LogP contribution in [-0.2, 0) is 28.7 Å². The number of carbonyl (C=O) groups excluding carboxylic acids is 5. The van der Waals surface area contributed by atoms with Crippen molar-refractivity contribution in [1.29, 1.82) is 0 Å². The number of esters is 1. The first kappa shape index (κ1) is 20.3. The van der Waals surface area contributed by atoms with Crippen molar-refractivity contribution in [3.8, 4) is 0 Å². The predicted octanol–water partition coefficient (Wildman–Crippen LogP) is -2.58. The van der Waals surface area contributed by atoms with Gasteiger partial charge in [-0.05, 0) is 13.8 Å². The molecule has 0 aromatic carbocycles. The maximum Gasteiger partial charge on any atom is 0.325 e. The van der Waals surface area contributed by atoms with Gasteiger partial charge in [0.2, 0.25) is 23.6 Å². The average Bonchev–Trinajstić information content (AvgIpc) is 2.49. The van der Waals surface area contributed by atoms with E-state index in [2.05, 4.69) is 26.0 Å². The highest BCUT2D eigenvalue weighted by atomic mass is 16.5. The second kappa shape index (κ2) is 10.1. The summed E-state index contributed by atoms with van der Waals surface area (Å²) in [6, 6.07) is -1.80. The minimum atomic E-state index is -0.901. The maximum absolute atomic E-state index is 11.8. The molecular formula is C13H22N4O6. The largest absolute Gasteiger partial charge is 0.468 e. The van der Waals surface area contributed by atoms with E-state index in [1.54, 1.807) is 0 Å². The van der Waals surface area contributed by atoms with Crippen LogP contribution in [0.4, 0.5) is 0 Å². The second-order valence-electron chi connectivity index (χ2n) is 4.72. The molecule has 0 saturated carbocycles. The fraction of sp³-hybridized carbons (Fsp3) is 0.615. The molecule has 0 aliphatic heterocycles. The molecule has 0 aromatic heterocycles. The van der Waals surface area contributed by atoms with E-state index in [-0.39, 0.29) is 19.0 Å². The summed E-state index contributed by atoms with van der Waals surface area (Å²) in [4.78, 5) is 56.5. The third-order valence-corrected chi connectivity index (χ3v) is 2.66. The molecule has 10 heteroatoms. The number of rotatable bonds is 8. The molecule has 0 bridgehead atoms. The highest BCUT2D eigenvalue weighted by Gasteiger charge is 2.21. The van der Waals surface area contributed by atoms with Crippen LogP contribution in [0, 0.1) is 0 Å². The quantitative estimate of drug-likeness (QED) is 0.360. The lowest BCUT2D eigenvalue weighted by Gasteiger charge is -2.18. The van der Waals surface area contributed by atoms with Crippen molar-refractivity contribution >= 4 is 29.6 Å². The summed E-state index contributed by atoms with van der Waals surface area (Å²) >= 11 is 0. The van der Waals surface area contributed by atoms with Gasteiger partial charge in [-0.2, -0.15) is 0 Å². The van der Waals surface area contributed by atoms with Gasteiger partial charge in [0.15, 0.2) is 0 Å². The fourth-order valence-corrected chi connectivity index (χ4v) is 1.35. The summed E-state index contributed by atoms with van der Waals surface area (Å²) in [5, 5.41) is 9.33. The van der Waals surface area contributed by atoms with E-state index in [0.717, 1.165) is 0 Å². The number of methoxy groups -OCH3 is 1. The van der Waals surface area contributed by atoms with Gasteiger partial charge in [-0.3, -0.25) is 24.0 Å². The van der Waals surface area contributed by atoms with Crippen LogP contribution in [0.3, 0.4) is 0 Å². The molecule has 0 spiro atoms. The third-order valence-electron chi connectivity index (χ3n) is 2.66. The van der Waals surface area contributed by atoms with Crippen LogP contribution >= 0.6 is 0 Å². The molecule has 23 heavy (non-hydrogen) atoms. The van der Waals surface area contributed by atoms with Crippen LogP contribution < -0.4 is 21.3 Å². The second-order valence-corrected chi connectivity index (χ2v) is 4.72. The number of amides is 4. The normalized spacial score (nSPS) is 12.3. The molecule has 0 saturated heterocycles. The van der Waals surface area contributed by atoms with Crippen LogP contribution in [0.1, 0.15) is 20.8 Å². The van der Waals surface area contributed by atoms with E-state index >= 15 is 0 Å². The van der Waals surface area contributed by atoms with Crippen molar-refractivity contribution in [3.05, 3.63) is 0 Å². The Hall–Kier alpha value is -2.65. The Balaban J connectivity index is 4.23. The minimum Gasteiger partial charge on any atom is -0.468 e. The van der Waals surface area contributed by atoms with Gasteiger partial charge in [0.05, 0.1) is 13.7 Å². The zero-order chi connectivity index (χ0) is 18.0. The first-order valence-electron chi connectivity index (χ1n) is 6.86. The molecule has 0 aliphatic carbocycles. The highest BCUT2D eigenvalue weighted by Crippen LogP contribution is 1.88. The Morgan fingerprint density at radius 1 is 0.870 bits per heavy atom. The number of carbonyl (C=O) groups is 5. The van der Waals surface area contributed by atoms with Gasteiger partial charge in [-0.15, -0.1) is 0 Å². The SMILES string of the molecule is COC(=O)CNC(=O)[C@H](C)NC(=O)[C@@H](C)NC(=O)CNC(C)=O. The third kappa shape index (κ3) is 9.06. The summed E-state index contributed by atoms with van der Waals surface area (Å²) in [5.41, 5.74) is 0. The summed E-state index contributed by atoms with van der Waals surface area (Å²) in [6.07, 6.45) is 0. The van der Waals surface area contributed by atoms with E-state index in [1.807, 2.05) is 0 Å².